The van der Waals surface area contributed by atoms with Crippen LogP contribution in [0.2, 0.25) is 0 Å². The van der Waals surface area contributed by atoms with Crippen molar-refractivity contribution in [1.82, 2.24) is 14.4 Å². The van der Waals surface area contributed by atoms with E-state index in [0.29, 0.717) is 48.6 Å². The average molecular weight is 478 g/mol. The zero-order valence-electron chi connectivity index (χ0n) is 20.8. The van der Waals surface area contributed by atoms with Crippen LogP contribution in [-0.4, -0.2) is 53.4 Å². The predicted octanol–water partition coefficient (Wildman–Crippen LogP) is 3.60. The molecule has 8 heteroatoms. The number of aryl methyl sites for hydroxylation is 2. The van der Waals surface area contributed by atoms with Crippen molar-refractivity contribution < 1.29 is 18.7 Å². The number of hydrogen-bond acceptors (Lipinski definition) is 5. The average Bonchev–Trinajstić information content (AvgIpc) is 3.30. The molecule has 1 atom stereocenters. The molecular formula is C27H31N3O5. The molecule has 0 N–H and O–H groups in total. The van der Waals surface area contributed by atoms with Crippen molar-refractivity contribution in [3.8, 4) is 5.75 Å². The number of fused-ring (bicyclic) bond motifs is 1. The topological polar surface area (TPSA) is 85.0 Å². The maximum atomic E-state index is 13.7. The van der Waals surface area contributed by atoms with Crippen LogP contribution < -0.4 is 10.3 Å². The highest BCUT2D eigenvalue weighted by Gasteiger charge is 2.30. The Bertz CT molecular complexity index is 1310. The number of ether oxygens (including phenoxy) is 1. The minimum atomic E-state index is -0.316. The van der Waals surface area contributed by atoms with Crippen LogP contribution in [0.5, 0.6) is 5.75 Å². The van der Waals surface area contributed by atoms with Gasteiger partial charge in [-0.2, -0.15) is 0 Å². The molecule has 8 nitrogen and oxygen atoms in total. The maximum Gasteiger partial charge on any atom is 0.259 e. The Morgan fingerprint density at radius 1 is 1.09 bits per heavy atom. The van der Waals surface area contributed by atoms with Gasteiger partial charge >= 0.3 is 0 Å². The molecule has 0 radical (unpaired) electrons. The summed E-state index contributed by atoms with van der Waals surface area (Å²) in [6.45, 7) is 6.92. The van der Waals surface area contributed by atoms with E-state index in [2.05, 4.69) is 0 Å². The highest BCUT2D eigenvalue weighted by Crippen LogP contribution is 2.28. The van der Waals surface area contributed by atoms with Gasteiger partial charge in [-0.25, -0.2) is 0 Å². The van der Waals surface area contributed by atoms with Crippen LogP contribution in [0.4, 0.5) is 0 Å². The lowest BCUT2D eigenvalue weighted by Gasteiger charge is -2.26. The normalized spacial score (nSPS) is 14.1. The molecule has 0 saturated carbocycles. The number of hydrogen-bond donors (Lipinski definition) is 0. The summed E-state index contributed by atoms with van der Waals surface area (Å²) in [6.07, 6.45) is 1.92. The Hall–Kier alpha value is -3.81. The molecule has 0 fully saturated rings. The fourth-order valence-corrected chi connectivity index (χ4v) is 4.47. The second-order valence-corrected chi connectivity index (χ2v) is 8.97. The minimum Gasteiger partial charge on any atom is -0.496 e. The van der Waals surface area contributed by atoms with Crippen molar-refractivity contribution in [2.24, 2.45) is 0 Å². The molecule has 2 amide bonds. The molecule has 0 bridgehead atoms. The lowest BCUT2D eigenvalue weighted by atomic mass is 10.0. The van der Waals surface area contributed by atoms with Crippen molar-refractivity contribution in [2.45, 2.75) is 39.8 Å². The molecule has 3 aromatic rings. The zero-order chi connectivity index (χ0) is 25.3. The van der Waals surface area contributed by atoms with Crippen molar-refractivity contribution in [3.63, 3.8) is 0 Å². The van der Waals surface area contributed by atoms with Gasteiger partial charge in [-0.1, -0.05) is 6.07 Å². The highest BCUT2D eigenvalue weighted by molar-refractivity contribution is 5.98. The predicted molar refractivity (Wildman–Crippen MR) is 132 cm³/mol. The summed E-state index contributed by atoms with van der Waals surface area (Å²) in [5.41, 5.74) is 3.46. The van der Waals surface area contributed by atoms with Crippen LogP contribution in [-0.2, 0) is 13.0 Å². The maximum absolute atomic E-state index is 13.7. The Labute approximate surface area is 204 Å². The molecule has 1 aromatic carbocycles. The first-order valence-electron chi connectivity index (χ1n) is 11.7. The Kier molecular flexibility index (Phi) is 6.82. The summed E-state index contributed by atoms with van der Waals surface area (Å²) in [7, 11) is 3.15. The first-order chi connectivity index (χ1) is 16.7. The number of nitrogens with zero attached hydrogens (tertiary/aromatic N) is 3. The lowest BCUT2D eigenvalue weighted by molar-refractivity contribution is 0.0720. The minimum absolute atomic E-state index is 0.0858. The first-order valence-corrected chi connectivity index (χ1v) is 11.7. The van der Waals surface area contributed by atoms with Gasteiger partial charge in [0, 0.05) is 50.4 Å². The van der Waals surface area contributed by atoms with Gasteiger partial charge in [-0.15, -0.1) is 0 Å². The smallest absolute Gasteiger partial charge is 0.259 e. The van der Waals surface area contributed by atoms with Crippen molar-refractivity contribution in [1.29, 1.82) is 0 Å². The number of carbonyl (C=O) groups excluding carboxylic acids is 2. The zero-order valence-corrected chi connectivity index (χ0v) is 20.8. The van der Waals surface area contributed by atoms with E-state index >= 15 is 0 Å². The molecule has 0 spiro atoms. The van der Waals surface area contributed by atoms with Gasteiger partial charge in [-0.05, 0) is 56.2 Å². The van der Waals surface area contributed by atoms with Gasteiger partial charge in [0.2, 0.25) is 0 Å². The lowest BCUT2D eigenvalue weighted by Crippen LogP contribution is -2.34. The molecule has 1 aliphatic heterocycles. The molecule has 184 valence electrons. The first kappa shape index (κ1) is 24.3. The molecule has 0 aliphatic carbocycles. The third kappa shape index (κ3) is 4.60. The van der Waals surface area contributed by atoms with Gasteiger partial charge in [-0.3, -0.25) is 14.4 Å². The Balaban J connectivity index is 1.67. The molecule has 0 unspecified atom stereocenters. The second-order valence-electron chi connectivity index (χ2n) is 8.97. The molecular weight excluding hydrogens is 446 g/mol. The van der Waals surface area contributed by atoms with E-state index in [1.165, 1.54) is 13.2 Å². The molecule has 1 aliphatic rings. The van der Waals surface area contributed by atoms with Crippen molar-refractivity contribution >= 4 is 11.8 Å². The summed E-state index contributed by atoms with van der Waals surface area (Å²) < 4.78 is 12.6. The summed E-state index contributed by atoms with van der Waals surface area (Å²) >= 11 is 0. The van der Waals surface area contributed by atoms with Crippen LogP contribution >= 0.6 is 0 Å². The second kappa shape index (κ2) is 9.82. The number of amides is 2. The van der Waals surface area contributed by atoms with Crippen LogP contribution in [0.15, 0.2) is 51.9 Å². The standard InChI is InChI=1S/C27H31N3O5/c1-17-8-9-20(15-18(17)2)26(32)29-11-10-21-25(23(34-5)16-24(31)30(21)13-12-29)27(33)28(4)19(3)22-7-6-14-35-22/h6-9,14-16,19H,10-13H2,1-5H3/t19-/m1/s1. The number of methoxy groups -OCH3 is 1. The van der Waals surface area contributed by atoms with E-state index in [1.54, 1.807) is 33.7 Å². The van der Waals surface area contributed by atoms with Gasteiger partial charge in [0.25, 0.3) is 17.4 Å². The van der Waals surface area contributed by atoms with E-state index in [9.17, 15) is 14.4 Å². The van der Waals surface area contributed by atoms with Gasteiger partial charge in [0.15, 0.2) is 0 Å². The summed E-state index contributed by atoms with van der Waals surface area (Å²) in [4.78, 5) is 43.2. The SMILES string of the molecule is COc1cc(=O)n2c(c1C(=O)N(C)[C@H](C)c1ccco1)CCN(C(=O)c1ccc(C)c(C)c1)CC2. The van der Waals surface area contributed by atoms with E-state index in [-0.39, 0.29) is 29.2 Å². The summed E-state index contributed by atoms with van der Waals surface area (Å²) in [5.74, 6) is 0.531. The number of pyridine rings is 1. The number of benzene rings is 1. The number of furan rings is 1. The van der Waals surface area contributed by atoms with E-state index in [1.807, 2.05) is 45.0 Å². The van der Waals surface area contributed by atoms with Crippen LogP contribution in [0.1, 0.15) is 56.3 Å². The fraction of sp³-hybridized carbons (Fsp3) is 0.370. The Morgan fingerprint density at radius 3 is 2.51 bits per heavy atom. The van der Waals surface area contributed by atoms with Crippen LogP contribution in [0.25, 0.3) is 0 Å². The molecule has 3 heterocycles. The van der Waals surface area contributed by atoms with Gasteiger partial charge in [0.1, 0.15) is 17.1 Å². The molecule has 2 aromatic heterocycles. The number of rotatable bonds is 5. The highest BCUT2D eigenvalue weighted by atomic mass is 16.5. The van der Waals surface area contributed by atoms with Crippen molar-refractivity contribution in [2.75, 3.05) is 27.2 Å². The summed E-state index contributed by atoms with van der Waals surface area (Å²) in [6, 6.07) is 10.3. The molecule has 0 saturated heterocycles. The third-order valence-electron chi connectivity index (χ3n) is 6.92. The van der Waals surface area contributed by atoms with Crippen LogP contribution in [0.3, 0.4) is 0 Å². The fourth-order valence-electron chi connectivity index (χ4n) is 4.47. The van der Waals surface area contributed by atoms with E-state index in [4.69, 9.17) is 9.15 Å². The summed E-state index contributed by atoms with van der Waals surface area (Å²) in [5, 5.41) is 0. The van der Waals surface area contributed by atoms with Gasteiger partial charge < -0.3 is 23.5 Å². The van der Waals surface area contributed by atoms with E-state index < -0.39 is 0 Å². The van der Waals surface area contributed by atoms with Gasteiger partial charge in [0.05, 0.1) is 19.4 Å². The van der Waals surface area contributed by atoms with Crippen molar-refractivity contribution in [3.05, 3.63) is 86.7 Å². The number of carbonyl (C=O) groups is 2. The Morgan fingerprint density at radius 2 is 1.86 bits per heavy atom. The van der Waals surface area contributed by atoms with E-state index in [0.717, 1.165) is 11.1 Å². The molecule has 35 heavy (non-hydrogen) atoms. The van der Waals surface area contributed by atoms with Crippen LogP contribution in [0, 0.1) is 13.8 Å². The number of aromatic nitrogens is 1. The largest absolute Gasteiger partial charge is 0.496 e. The third-order valence-corrected chi connectivity index (χ3v) is 6.92. The quantitative estimate of drug-likeness (QED) is 0.561. The molecule has 4 rings (SSSR count). The monoisotopic (exact) mass is 477 g/mol.